The molecular formula is C28H28F2N2O3. The Morgan fingerprint density at radius 2 is 1.94 bits per heavy atom. The van der Waals surface area contributed by atoms with Crippen LogP contribution in [0.2, 0.25) is 0 Å². The molecule has 0 spiro atoms. The lowest BCUT2D eigenvalue weighted by Gasteiger charge is -2.38. The Bertz CT molecular complexity index is 1250. The normalized spacial score (nSPS) is 18.3. The second-order valence-corrected chi connectivity index (χ2v) is 9.09. The molecule has 3 aromatic rings. The molecule has 182 valence electrons. The fourth-order valence-electron chi connectivity index (χ4n) is 4.94. The van der Waals surface area contributed by atoms with Gasteiger partial charge in [0.15, 0.2) is 11.6 Å². The van der Waals surface area contributed by atoms with Gasteiger partial charge in [0.25, 0.3) is 0 Å². The molecule has 0 aliphatic carbocycles. The van der Waals surface area contributed by atoms with Gasteiger partial charge in [-0.15, -0.1) is 0 Å². The summed E-state index contributed by atoms with van der Waals surface area (Å²) in [5.41, 5.74) is 2.40. The van der Waals surface area contributed by atoms with E-state index in [4.69, 9.17) is 9.47 Å². The number of allylic oxidation sites excluding steroid dienone is 1. The van der Waals surface area contributed by atoms with Gasteiger partial charge < -0.3 is 19.5 Å². The molecule has 1 saturated heterocycles. The molecule has 7 heteroatoms. The zero-order valence-electron chi connectivity index (χ0n) is 19.6. The number of pyridine rings is 1. The molecule has 0 atom stereocenters. The number of likely N-dealkylation sites (tertiary alicyclic amines) is 1. The van der Waals surface area contributed by atoms with Gasteiger partial charge in [0.05, 0.1) is 12.7 Å². The predicted octanol–water partition coefficient (Wildman–Crippen LogP) is 5.47. The van der Waals surface area contributed by atoms with Crippen molar-refractivity contribution in [3.05, 3.63) is 89.1 Å². The van der Waals surface area contributed by atoms with Crippen LogP contribution in [-0.4, -0.2) is 41.7 Å². The number of benzene rings is 2. The molecule has 2 aliphatic rings. The van der Waals surface area contributed by atoms with E-state index in [1.807, 2.05) is 30.3 Å². The number of aromatic nitrogens is 1. The van der Waals surface area contributed by atoms with Crippen molar-refractivity contribution in [3.63, 3.8) is 0 Å². The number of rotatable bonds is 5. The molecule has 0 unspecified atom stereocenters. The van der Waals surface area contributed by atoms with Gasteiger partial charge in [0, 0.05) is 43.4 Å². The highest BCUT2D eigenvalue weighted by molar-refractivity contribution is 5.74. The molecule has 0 bridgehead atoms. The van der Waals surface area contributed by atoms with E-state index in [9.17, 15) is 13.9 Å². The lowest BCUT2D eigenvalue weighted by molar-refractivity contribution is -0.0257. The fraction of sp³-hybridized carbons (Fsp3) is 0.321. The standard InChI is InChI=1S/C28H28F2N2O3/c1-34-25-7-2-8-26-22(25)17-19(21-6-3-13-31-27(21)35-26)5-4-14-32-15-11-28(33,12-16-32)20-9-10-23(29)24(30)18-20/h2-3,5-10,13,18,33H,4,11-12,14-17H2,1H3. The Labute approximate surface area is 203 Å². The SMILES string of the molecule is COc1cccc2c1CC(=CCCN1CCC(O)(c3ccc(F)c(F)c3)CC1)c1cccnc1O2. The van der Waals surface area contributed by atoms with Crippen LogP contribution < -0.4 is 9.47 Å². The van der Waals surface area contributed by atoms with E-state index in [-0.39, 0.29) is 0 Å². The Morgan fingerprint density at radius 1 is 1.11 bits per heavy atom. The topological polar surface area (TPSA) is 54.8 Å². The van der Waals surface area contributed by atoms with Gasteiger partial charge in [0.2, 0.25) is 5.88 Å². The molecule has 35 heavy (non-hydrogen) atoms. The third-order valence-corrected chi connectivity index (χ3v) is 6.98. The van der Waals surface area contributed by atoms with E-state index in [0.717, 1.165) is 53.3 Å². The van der Waals surface area contributed by atoms with Crippen molar-refractivity contribution >= 4 is 5.57 Å². The second-order valence-electron chi connectivity index (χ2n) is 9.09. The highest BCUT2D eigenvalue weighted by Crippen LogP contribution is 2.41. The lowest BCUT2D eigenvalue weighted by Crippen LogP contribution is -2.42. The first-order chi connectivity index (χ1) is 17.0. The van der Waals surface area contributed by atoms with Crippen molar-refractivity contribution in [3.8, 4) is 17.4 Å². The maximum Gasteiger partial charge on any atom is 0.226 e. The molecule has 1 N–H and O–H groups in total. The fourth-order valence-corrected chi connectivity index (χ4v) is 4.94. The first kappa shape index (κ1) is 23.5. The number of nitrogens with zero attached hydrogens (tertiary/aromatic N) is 2. The number of hydrogen-bond donors (Lipinski definition) is 1. The van der Waals surface area contributed by atoms with Gasteiger partial charge in [-0.25, -0.2) is 13.8 Å². The summed E-state index contributed by atoms with van der Waals surface area (Å²) in [7, 11) is 1.66. The quantitative estimate of drug-likeness (QED) is 0.527. The van der Waals surface area contributed by atoms with Crippen LogP contribution in [-0.2, 0) is 12.0 Å². The summed E-state index contributed by atoms with van der Waals surface area (Å²) in [6.45, 7) is 2.18. The molecular weight excluding hydrogens is 450 g/mol. The van der Waals surface area contributed by atoms with E-state index in [0.29, 0.717) is 43.8 Å². The third-order valence-electron chi connectivity index (χ3n) is 6.98. The average Bonchev–Trinajstić information content (AvgIpc) is 3.03. The zero-order valence-corrected chi connectivity index (χ0v) is 19.6. The Morgan fingerprint density at radius 3 is 2.71 bits per heavy atom. The maximum atomic E-state index is 13.7. The minimum Gasteiger partial charge on any atom is -0.496 e. The van der Waals surface area contributed by atoms with Gasteiger partial charge in [-0.3, -0.25) is 0 Å². The first-order valence-corrected chi connectivity index (χ1v) is 11.9. The molecule has 3 heterocycles. The minimum absolute atomic E-state index is 0.438. The molecule has 5 nitrogen and oxygen atoms in total. The number of fused-ring (bicyclic) bond motifs is 2. The predicted molar refractivity (Wildman–Crippen MR) is 130 cm³/mol. The van der Waals surface area contributed by atoms with E-state index >= 15 is 0 Å². The van der Waals surface area contributed by atoms with E-state index in [2.05, 4.69) is 16.0 Å². The summed E-state index contributed by atoms with van der Waals surface area (Å²) in [5.74, 6) is 0.295. The zero-order chi connectivity index (χ0) is 24.4. The van der Waals surface area contributed by atoms with Gasteiger partial charge in [-0.2, -0.15) is 0 Å². The Balaban J connectivity index is 1.28. The first-order valence-electron chi connectivity index (χ1n) is 11.9. The average molecular weight is 479 g/mol. The van der Waals surface area contributed by atoms with Crippen LogP contribution in [0.3, 0.4) is 0 Å². The summed E-state index contributed by atoms with van der Waals surface area (Å²) in [6, 6.07) is 13.4. The maximum absolute atomic E-state index is 13.7. The summed E-state index contributed by atoms with van der Waals surface area (Å²) in [6.07, 6.45) is 6.39. The number of hydrogen-bond acceptors (Lipinski definition) is 5. The summed E-state index contributed by atoms with van der Waals surface area (Å²) in [5, 5.41) is 11.0. The largest absolute Gasteiger partial charge is 0.496 e. The molecule has 2 aliphatic heterocycles. The van der Waals surface area contributed by atoms with Gasteiger partial charge in [-0.1, -0.05) is 18.2 Å². The van der Waals surface area contributed by atoms with Gasteiger partial charge in [-0.05, 0) is 66.8 Å². The van der Waals surface area contributed by atoms with Crippen molar-refractivity contribution in [2.45, 2.75) is 31.3 Å². The van der Waals surface area contributed by atoms with Crippen molar-refractivity contribution in [1.29, 1.82) is 0 Å². The third kappa shape index (κ3) is 4.79. The van der Waals surface area contributed by atoms with Crippen LogP contribution in [0.5, 0.6) is 17.4 Å². The number of aliphatic hydroxyl groups is 1. The van der Waals surface area contributed by atoms with Gasteiger partial charge in [0.1, 0.15) is 11.5 Å². The highest BCUT2D eigenvalue weighted by Gasteiger charge is 2.34. The van der Waals surface area contributed by atoms with Crippen LogP contribution in [0.25, 0.3) is 5.57 Å². The van der Waals surface area contributed by atoms with Crippen LogP contribution in [0.15, 0.2) is 60.8 Å². The van der Waals surface area contributed by atoms with E-state index in [1.54, 1.807) is 13.3 Å². The molecule has 1 fully saturated rings. The molecule has 5 rings (SSSR count). The number of piperidine rings is 1. The lowest BCUT2D eigenvalue weighted by atomic mass is 9.84. The molecule has 2 aromatic carbocycles. The van der Waals surface area contributed by atoms with Crippen LogP contribution in [0.4, 0.5) is 8.78 Å². The number of methoxy groups -OCH3 is 1. The van der Waals surface area contributed by atoms with E-state index in [1.165, 1.54) is 6.07 Å². The van der Waals surface area contributed by atoms with Crippen LogP contribution in [0, 0.1) is 11.6 Å². The summed E-state index contributed by atoms with van der Waals surface area (Å²) >= 11 is 0. The highest BCUT2D eigenvalue weighted by atomic mass is 19.2. The Kier molecular flexibility index (Phi) is 6.54. The van der Waals surface area contributed by atoms with Gasteiger partial charge >= 0.3 is 0 Å². The smallest absolute Gasteiger partial charge is 0.226 e. The molecule has 0 saturated carbocycles. The Hall–Kier alpha value is -3.29. The molecule has 1 aromatic heterocycles. The number of halogens is 2. The van der Waals surface area contributed by atoms with Crippen molar-refractivity contribution in [2.24, 2.45) is 0 Å². The second kappa shape index (κ2) is 9.76. The van der Waals surface area contributed by atoms with Crippen molar-refractivity contribution in [2.75, 3.05) is 26.7 Å². The molecule has 0 amide bonds. The van der Waals surface area contributed by atoms with E-state index < -0.39 is 17.2 Å². The van der Waals surface area contributed by atoms with Crippen LogP contribution in [0.1, 0.15) is 36.0 Å². The summed E-state index contributed by atoms with van der Waals surface area (Å²) in [4.78, 5) is 6.73. The van der Waals surface area contributed by atoms with Crippen LogP contribution >= 0.6 is 0 Å². The number of ether oxygens (including phenoxy) is 2. The monoisotopic (exact) mass is 478 g/mol. The van der Waals surface area contributed by atoms with Crippen molar-refractivity contribution < 1.29 is 23.4 Å². The minimum atomic E-state index is -1.13. The molecule has 0 radical (unpaired) electrons. The van der Waals surface area contributed by atoms with Crippen molar-refractivity contribution in [1.82, 2.24) is 9.88 Å². The summed E-state index contributed by atoms with van der Waals surface area (Å²) < 4.78 is 38.7.